The van der Waals surface area contributed by atoms with E-state index in [4.69, 9.17) is 35.7 Å². The molecule has 25 heavy (non-hydrogen) atoms. The van der Waals surface area contributed by atoms with Crippen LogP contribution in [0, 0.1) is 5.41 Å². The zero-order valence-electron chi connectivity index (χ0n) is 14.2. The topological polar surface area (TPSA) is 193 Å². The molecule has 0 saturated carbocycles. The second kappa shape index (κ2) is 16.8. The molecule has 148 valence electrons. The molecule has 0 aliphatic rings. The molecule has 0 aliphatic heterocycles. The summed E-state index contributed by atoms with van der Waals surface area (Å²) in [5.74, 6) is -2.68. The molecule has 0 aromatic heterocycles. The molecular weight excluding hydrogens is 340 g/mol. The van der Waals surface area contributed by atoms with Crippen molar-refractivity contribution < 1.29 is 50.1 Å². The first-order valence-electron chi connectivity index (χ1n) is 7.27. The van der Waals surface area contributed by atoms with Crippen molar-refractivity contribution in [1.29, 1.82) is 0 Å². The van der Waals surface area contributed by atoms with E-state index >= 15 is 0 Å². The van der Waals surface area contributed by atoms with Crippen molar-refractivity contribution >= 4 is 17.9 Å². The summed E-state index contributed by atoms with van der Waals surface area (Å²) in [6, 6.07) is 0. The van der Waals surface area contributed by atoms with Gasteiger partial charge < -0.3 is 35.7 Å². The van der Waals surface area contributed by atoms with Gasteiger partial charge in [0.15, 0.2) is 0 Å². The van der Waals surface area contributed by atoms with Gasteiger partial charge in [0.1, 0.15) is 0 Å². The lowest BCUT2D eigenvalue weighted by atomic mass is 9.93. The van der Waals surface area contributed by atoms with Crippen LogP contribution in [-0.4, -0.2) is 80.1 Å². The van der Waals surface area contributed by atoms with Gasteiger partial charge in [-0.15, -0.1) is 0 Å². The van der Waals surface area contributed by atoms with Crippen molar-refractivity contribution in [2.75, 3.05) is 26.4 Å². The summed E-state index contributed by atoms with van der Waals surface area (Å²) in [5.41, 5.74) is -0.935. The molecule has 0 aromatic carbocycles. The lowest BCUT2D eigenvalue weighted by Crippen LogP contribution is -2.37. The fourth-order valence-electron chi connectivity index (χ4n) is 0.852. The highest BCUT2D eigenvalue weighted by atomic mass is 16.4. The van der Waals surface area contributed by atoms with Crippen LogP contribution in [0.4, 0.5) is 0 Å². The number of hydrogen-bond donors (Lipinski definition) is 7. The minimum atomic E-state index is -1.11. The molecule has 0 aromatic rings. The monoisotopic (exact) mass is 368 g/mol. The second-order valence-electron chi connectivity index (χ2n) is 5.21. The molecule has 0 fully saturated rings. The molecule has 7 N–H and O–H groups in total. The molecule has 10 nitrogen and oxygen atoms in total. The minimum Gasteiger partial charge on any atom is -0.481 e. The first-order chi connectivity index (χ1) is 11.5. The van der Waals surface area contributed by atoms with Crippen LogP contribution in [0.3, 0.4) is 0 Å². The number of aliphatic hydroxyl groups is 4. The predicted molar refractivity (Wildman–Crippen MR) is 87.0 cm³/mol. The Hall–Kier alpha value is -2.01. The largest absolute Gasteiger partial charge is 0.481 e. The van der Waals surface area contributed by atoms with Gasteiger partial charge >= 0.3 is 17.9 Å². The van der Waals surface area contributed by atoms with Crippen molar-refractivity contribution in [3.8, 4) is 0 Å². The Kier molecular flexibility index (Phi) is 18.7. The first kappa shape index (κ1) is 27.8. The molecule has 0 bridgehead atoms. The van der Waals surface area contributed by atoms with Crippen LogP contribution in [-0.2, 0) is 14.4 Å². The van der Waals surface area contributed by atoms with Gasteiger partial charge in [0.25, 0.3) is 0 Å². The molecule has 0 radical (unpaired) electrons. The average molecular weight is 368 g/mol. The highest BCUT2D eigenvalue weighted by molar-refractivity contribution is 5.84. The standard InChI is InChI=1S/C6H10O4.C5H12O4.C4H6O2/c7-5(8)3-1-2-4-6(9)10;6-1-5(2-7,3-8)4-9;1-3(2)4(5)6/h1-4H2,(H,7,8)(H,9,10);6-9H,1-4H2;1H2,2H3,(H,5,6). The second-order valence-corrected chi connectivity index (χ2v) is 5.21. The molecule has 0 aliphatic carbocycles. The molecule has 0 atom stereocenters. The molecule has 0 rings (SSSR count). The Labute approximate surface area is 145 Å². The van der Waals surface area contributed by atoms with Gasteiger partial charge in [-0.05, 0) is 19.8 Å². The van der Waals surface area contributed by atoms with Crippen LogP contribution in [0.25, 0.3) is 0 Å². The number of carbonyl (C=O) groups is 3. The van der Waals surface area contributed by atoms with E-state index in [1.54, 1.807) is 0 Å². The SMILES string of the molecule is C=C(C)C(=O)O.O=C(O)CCCCC(=O)O.OCC(CO)(CO)CO. The van der Waals surface area contributed by atoms with Gasteiger partial charge in [-0.25, -0.2) is 4.79 Å². The van der Waals surface area contributed by atoms with Crippen molar-refractivity contribution in [1.82, 2.24) is 0 Å². The number of aliphatic hydroxyl groups excluding tert-OH is 4. The number of carboxylic acids is 3. The maximum absolute atomic E-state index is 9.90. The predicted octanol–water partition coefficient (Wildman–Crippen LogP) is -0.695. The van der Waals surface area contributed by atoms with Crippen molar-refractivity contribution in [2.24, 2.45) is 5.41 Å². The number of aliphatic carboxylic acids is 3. The van der Waals surface area contributed by atoms with Crippen LogP contribution in [0.1, 0.15) is 32.6 Å². The normalized spacial score (nSPS) is 9.80. The fourth-order valence-corrected chi connectivity index (χ4v) is 0.852. The van der Waals surface area contributed by atoms with E-state index in [1.807, 2.05) is 0 Å². The van der Waals surface area contributed by atoms with Crippen LogP contribution < -0.4 is 0 Å². The van der Waals surface area contributed by atoms with Crippen molar-refractivity contribution in [3.05, 3.63) is 12.2 Å². The van der Waals surface area contributed by atoms with E-state index in [0.29, 0.717) is 12.8 Å². The Balaban J connectivity index is -0.000000300. The summed E-state index contributed by atoms with van der Waals surface area (Å²) < 4.78 is 0. The third kappa shape index (κ3) is 19.9. The average Bonchev–Trinajstić information content (AvgIpc) is 2.55. The fraction of sp³-hybridized carbons (Fsp3) is 0.667. The van der Waals surface area contributed by atoms with Gasteiger partial charge in [-0.2, -0.15) is 0 Å². The molecule has 0 amide bonds. The van der Waals surface area contributed by atoms with E-state index < -0.39 is 49.8 Å². The Bertz CT molecular complexity index is 356. The number of carboxylic acid groups (broad SMARTS) is 3. The Morgan fingerprint density at radius 3 is 1.08 bits per heavy atom. The van der Waals surface area contributed by atoms with Gasteiger partial charge in [0, 0.05) is 18.4 Å². The summed E-state index contributed by atoms with van der Waals surface area (Å²) in [6.45, 7) is 2.98. The summed E-state index contributed by atoms with van der Waals surface area (Å²) in [5, 5.41) is 58.1. The third-order valence-corrected chi connectivity index (χ3v) is 2.74. The summed E-state index contributed by atoms with van der Waals surface area (Å²) in [4.78, 5) is 29.4. The maximum Gasteiger partial charge on any atom is 0.330 e. The first-order valence-corrected chi connectivity index (χ1v) is 7.27. The van der Waals surface area contributed by atoms with Crippen molar-refractivity contribution in [3.63, 3.8) is 0 Å². The molecule has 0 unspecified atom stereocenters. The van der Waals surface area contributed by atoms with E-state index in [0.717, 1.165) is 0 Å². The van der Waals surface area contributed by atoms with Gasteiger partial charge in [-0.1, -0.05) is 6.58 Å². The Morgan fingerprint density at radius 1 is 0.760 bits per heavy atom. The van der Waals surface area contributed by atoms with E-state index in [1.165, 1.54) is 6.92 Å². The molecule has 0 saturated heterocycles. The number of rotatable bonds is 10. The minimum absolute atomic E-state index is 0.0628. The third-order valence-electron chi connectivity index (χ3n) is 2.74. The highest BCUT2D eigenvalue weighted by Gasteiger charge is 2.26. The molecule has 0 heterocycles. The zero-order valence-corrected chi connectivity index (χ0v) is 14.2. The quantitative estimate of drug-likeness (QED) is 0.191. The van der Waals surface area contributed by atoms with Crippen LogP contribution in [0.15, 0.2) is 12.2 Å². The summed E-state index contributed by atoms with van der Waals surface area (Å²) in [7, 11) is 0. The maximum atomic E-state index is 9.90. The van der Waals surface area contributed by atoms with E-state index in [2.05, 4.69) is 6.58 Å². The lowest BCUT2D eigenvalue weighted by Gasteiger charge is -2.23. The van der Waals surface area contributed by atoms with Gasteiger partial charge in [-0.3, -0.25) is 9.59 Å². The lowest BCUT2D eigenvalue weighted by molar-refractivity contribution is -0.139. The number of hydrogen-bond acceptors (Lipinski definition) is 7. The summed E-state index contributed by atoms with van der Waals surface area (Å²) in [6.07, 6.45) is 1.02. The van der Waals surface area contributed by atoms with Crippen LogP contribution in [0.2, 0.25) is 0 Å². The Morgan fingerprint density at radius 2 is 1.00 bits per heavy atom. The highest BCUT2D eigenvalue weighted by Crippen LogP contribution is 2.11. The van der Waals surface area contributed by atoms with Crippen molar-refractivity contribution in [2.45, 2.75) is 32.6 Å². The van der Waals surface area contributed by atoms with Gasteiger partial charge in [0.05, 0.1) is 31.8 Å². The molecular formula is C15H28O10. The van der Waals surface area contributed by atoms with Crippen LogP contribution >= 0.6 is 0 Å². The molecule has 0 spiro atoms. The molecule has 10 heteroatoms. The van der Waals surface area contributed by atoms with Gasteiger partial charge in [0.2, 0.25) is 0 Å². The van der Waals surface area contributed by atoms with Crippen LogP contribution in [0.5, 0.6) is 0 Å². The van der Waals surface area contributed by atoms with E-state index in [-0.39, 0.29) is 18.4 Å². The summed E-state index contributed by atoms with van der Waals surface area (Å²) >= 11 is 0. The zero-order chi connectivity index (χ0) is 20.5. The van der Waals surface area contributed by atoms with E-state index in [9.17, 15) is 14.4 Å². The smallest absolute Gasteiger partial charge is 0.330 e. The number of unbranched alkanes of at least 4 members (excludes halogenated alkanes) is 1.